The zero-order chi connectivity index (χ0) is 19.5. The molecule has 8 heteroatoms. The lowest BCUT2D eigenvalue weighted by molar-refractivity contribution is -0.142. The minimum Gasteiger partial charge on any atom is -0.342 e. The maximum atomic E-state index is 13.5. The molecule has 2 fully saturated rings. The van der Waals surface area contributed by atoms with Gasteiger partial charge in [-0.05, 0) is 30.7 Å². The Morgan fingerprint density at radius 2 is 2.00 bits per heavy atom. The van der Waals surface area contributed by atoms with Gasteiger partial charge in [0.05, 0.1) is 5.69 Å². The van der Waals surface area contributed by atoms with E-state index in [1.165, 1.54) is 0 Å². The van der Waals surface area contributed by atoms with Gasteiger partial charge in [-0.1, -0.05) is 20.8 Å². The number of carbonyl (C=O) groups excluding carboxylic acids is 1. The second-order valence-electron chi connectivity index (χ2n) is 8.15. The number of hydrogen-bond acceptors (Lipinski definition) is 3. The summed E-state index contributed by atoms with van der Waals surface area (Å²) in [5.41, 5.74) is 0.379. The van der Waals surface area contributed by atoms with Gasteiger partial charge in [-0.25, -0.2) is 9.50 Å². The van der Waals surface area contributed by atoms with E-state index in [1.807, 2.05) is 18.7 Å². The monoisotopic (exact) mass is 380 g/mol. The largest absolute Gasteiger partial charge is 0.433 e. The summed E-state index contributed by atoms with van der Waals surface area (Å²) in [5, 5.41) is 4.23. The molecule has 3 atom stereocenters. The molecule has 27 heavy (non-hydrogen) atoms. The first-order valence-electron chi connectivity index (χ1n) is 9.41. The fourth-order valence-electron chi connectivity index (χ4n) is 3.81. The van der Waals surface area contributed by atoms with E-state index in [0.717, 1.165) is 23.4 Å². The van der Waals surface area contributed by atoms with Crippen molar-refractivity contribution in [2.24, 2.45) is 11.8 Å². The van der Waals surface area contributed by atoms with E-state index in [4.69, 9.17) is 0 Å². The smallest absolute Gasteiger partial charge is 0.342 e. The number of aromatic nitrogens is 3. The highest BCUT2D eigenvalue weighted by Crippen LogP contribution is 2.41. The highest BCUT2D eigenvalue weighted by atomic mass is 19.4. The van der Waals surface area contributed by atoms with E-state index in [9.17, 15) is 18.0 Å². The lowest BCUT2D eigenvalue weighted by atomic mass is 10.1. The van der Waals surface area contributed by atoms with Gasteiger partial charge in [0, 0.05) is 36.7 Å². The number of likely N-dealkylation sites (tertiary alicyclic amines) is 1. The van der Waals surface area contributed by atoms with Crippen molar-refractivity contribution in [3.8, 4) is 0 Å². The van der Waals surface area contributed by atoms with Crippen LogP contribution >= 0.6 is 0 Å². The molecule has 1 aliphatic carbocycles. The van der Waals surface area contributed by atoms with Crippen LogP contribution in [0.2, 0.25) is 0 Å². The van der Waals surface area contributed by atoms with Crippen molar-refractivity contribution in [2.45, 2.75) is 51.6 Å². The molecule has 5 nitrogen and oxygen atoms in total. The van der Waals surface area contributed by atoms with Crippen molar-refractivity contribution in [1.82, 2.24) is 19.5 Å². The number of carbonyl (C=O) groups is 1. The normalized spacial score (nSPS) is 25.6. The average molecular weight is 380 g/mol. The third kappa shape index (κ3) is 3.30. The predicted octanol–water partition coefficient (Wildman–Crippen LogP) is 3.84. The Balaban J connectivity index is 1.64. The standard InChI is InChI=1S/C19H23F3N4O/c1-10(2)14-7-16(19(20,21)22)26-17(23-14)8-15(24-26)12-4-5-25(9-12)18(27)13-6-11(13)3/h7-8,10-13H,4-6,9H2,1-3H3/t11-,12+,13-/m0/s1. The molecular weight excluding hydrogens is 357 g/mol. The molecule has 3 heterocycles. The Kier molecular flexibility index (Phi) is 4.20. The topological polar surface area (TPSA) is 50.5 Å². The summed E-state index contributed by atoms with van der Waals surface area (Å²) < 4.78 is 41.4. The van der Waals surface area contributed by atoms with Crippen LogP contribution in [0.25, 0.3) is 5.65 Å². The maximum Gasteiger partial charge on any atom is 0.433 e. The fourth-order valence-corrected chi connectivity index (χ4v) is 3.81. The lowest BCUT2D eigenvalue weighted by Crippen LogP contribution is -2.30. The van der Waals surface area contributed by atoms with Crippen LogP contribution in [0.5, 0.6) is 0 Å². The molecular formula is C19H23F3N4O. The quantitative estimate of drug-likeness (QED) is 0.813. The second kappa shape index (κ2) is 6.21. The molecule has 4 rings (SSSR count). The molecule has 1 aliphatic heterocycles. The van der Waals surface area contributed by atoms with Crippen molar-refractivity contribution in [3.05, 3.63) is 29.2 Å². The van der Waals surface area contributed by atoms with Crippen LogP contribution < -0.4 is 0 Å². The summed E-state index contributed by atoms with van der Waals surface area (Å²) in [6.45, 7) is 6.85. The number of amides is 1. The Bertz CT molecular complexity index is 889. The first-order chi connectivity index (χ1) is 12.6. The molecule has 0 N–H and O–H groups in total. The molecule has 0 bridgehead atoms. The third-order valence-electron chi connectivity index (χ3n) is 5.69. The Labute approximate surface area is 155 Å². The predicted molar refractivity (Wildman–Crippen MR) is 93.3 cm³/mol. The van der Waals surface area contributed by atoms with Crippen molar-refractivity contribution >= 4 is 11.6 Å². The van der Waals surface area contributed by atoms with E-state index in [2.05, 4.69) is 17.0 Å². The summed E-state index contributed by atoms with van der Waals surface area (Å²) in [6, 6.07) is 2.72. The molecule has 0 aromatic carbocycles. The summed E-state index contributed by atoms with van der Waals surface area (Å²) in [7, 11) is 0. The molecule has 0 spiro atoms. The maximum absolute atomic E-state index is 13.5. The minimum atomic E-state index is -4.51. The Hall–Kier alpha value is -2.12. The van der Waals surface area contributed by atoms with Gasteiger partial charge in [-0.2, -0.15) is 18.3 Å². The number of nitrogens with zero attached hydrogens (tertiary/aromatic N) is 4. The van der Waals surface area contributed by atoms with Crippen LogP contribution in [0.1, 0.15) is 62.5 Å². The van der Waals surface area contributed by atoms with Gasteiger partial charge >= 0.3 is 6.18 Å². The van der Waals surface area contributed by atoms with Crippen molar-refractivity contribution in [3.63, 3.8) is 0 Å². The third-order valence-corrected chi connectivity index (χ3v) is 5.69. The molecule has 1 saturated heterocycles. The van der Waals surface area contributed by atoms with E-state index in [1.54, 1.807) is 6.07 Å². The van der Waals surface area contributed by atoms with E-state index in [-0.39, 0.29) is 29.3 Å². The first kappa shape index (κ1) is 18.3. The summed E-state index contributed by atoms with van der Waals surface area (Å²) in [5.74, 6) is 0.574. The number of rotatable bonds is 3. The van der Waals surface area contributed by atoms with Crippen LogP contribution in [0.4, 0.5) is 13.2 Å². The van der Waals surface area contributed by atoms with Crippen LogP contribution in [-0.2, 0) is 11.0 Å². The molecule has 2 aromatic rings. The van der Waals surface area contributed by atoms with E-state index < -0.39 is 11.9 Å². The first-order valence-corrected chi connectivity index (χ1v) is 9.41. The van der Waals surface area contributed by atoms with Crippen molar-refractivity contribution in [2.75, 3.05) is 13.1 Å². The second-order valence-corrected chi connectivity index (χ2v) is 8.15. The van der Waals surface area contributed by atoms with Crippen LogP contribution in [0.15, 0.2) is 12.1 Å². The van der Waals surface area contributed by atoms with Gasteiger partial charge in [0.2, 0.25) is 5.91 Å². The zero-order valence-corrected chi connectivity index (χ0v) is 15.6. The molecule has 1 amide bonds. The molecule has 0 radical (unpaired) electrons. The Morgan fingerprint density at radius 1 is 1.30 bits per heavy atom. The highest BCUT2D eigenvalue weighted by Gasteiger charge is 2.43. The highest BCUT2D eigenvalue weighted by molar-refractivity contribution is 5.82. The number of halogens is 3. The van der Waals surface area contributed by atoms with Gasteiger partial charge in [0.1, 0.15) is 5.69 Å². The van der Waals surface area contributed by atoms with Gasteiger partial charge in [0.25, 0.3) is 0 Å². The van der Waals surface area contributed by atoms with Crippen molar-refractivity contribution in [1.29, 1.82) is 0 Å². The van der Waals surface area contributed by atoms with E-state index in [0.29, 0.717) is 30.4 Å². The van der Waals surface area contributed by atoms with Crippen LogP contribution in [0, 0.1) is 11.8 Å². The lowest BCUT2D eigenvalue weighted by Gasteiger charge is -2.15. The number of alkyl halides is 3. The summed E-state index contributed by atoms with van der Waals surface area (Å²) >= 11 is 0. The summed E-state index contributed by atoms with van der Waals surface area (Å²) in [4.78, 5) is 18.6. The van der Waals surface area contributed by atoms with Crippen LogP contribution in [-0.4, -0.2) is 38.5 Å². The van der Waals surface area contributed by atoms with Gasteiger partial charge < -0.3 is 4.90 Å². The Morgan fingerprint density at radius 3 is 2.59 bits per heavy atom. The zero-order valence-electron chi connectivity index (χ0n) is 15.6. The van der Waals surface area contributed by atoms with Crippen molar-refractivity contribution < 1.29 is 18.0 Å². The SMILES string of the molecule is CC(C)c1cc(C(F)(F)F)n2nc([C@@H]3CCN(C(=O)[C@H]4C[C@@H]4C)C3)cc2n1. The van der Waals surface area contributed by atoms with Gasteiger partial charge in [-0.15, -0.1) is 0 Å². The van der Waals surface area contributed by atoms with Crippen LogP contribution in [0.3, 0.4) is 0 Å². The van der Waals surface area contributed by atoms with E-state index >= 15 is 0 Å². The minimum absolute atomic E-state index is 0.0479. The molecule has 2 aromatic heterocycles. The molecule has 0 unspecified atom stereocenters. The molecule has 146 valence electrons. The van der Waals surface area contributed by atoms with Gasteiger partial charge in [0.15, 0.2) is 5.65 Å². The average Bonchev–Trinajstić information content (AvgIpc) is 3.02. The fraction of sp³-hybridized carbons (Fsp3) is 0.632. The molecule has 2 aliphatic rings. The van der Waals surface area contributed by atoms with Gasteiger partial charge in [-0.3, -0.25) is 4.79 Å². The molecule has 1 saturated carbocycles. The summed E-state index contributed by atoms with van der Waals surface area (Å²) in [6.07, 6.45) is -2.85. The number of fused-ring (bicyclic) bond motifs is 1. The number of hydrogen-bond donors (Lipinski definition) is 0.